The summed E-state index contributed by atoms with van der Waals surface area (Å²) < 4.78 is 0. The van der Waals surface area contributed by atoms with Crippen molar-refractivity contribution in [2.45, 2.75) is 46.0 Å². The van der Waals surface area contributed by atoms with E-state index < -0.39 is 0 Å². The number of anilines is 2. The average Bonchev–Trinajstić information content (AvgIpc) is 3.23. The van der Waals surface area contributed by atoms with Gasteiger partial charge in [0.15, 0.2) is 0 Å². The molecule has 0 unspecified atom stereocenters. The van der Waals surface area contributed by atoms with Crippen molar-refractivity contribution in [3.05, 3.63) is 70.7 Å². The molecule has 0 bridgehead atoms. The number of carbonyl (C=O) groups excluding carboxylic acids is 2. The lowest BCUT2D eigenvalue weighted by Gasteiger charge is -2.12. The number of aryl methyl sites for hydroxylation is 2. The zero-order valence-corrected chi connectivity index (χ0v) is 18.7. The Labute approximate surface area is 187 Å². The van der Waals surface area contributed by atoms with E-state index in [1.54, 1.807) is 24.3 Å². The number of aromatic nitrogens is 2. The summed E-state index contributed by atoms with van der Waals surface area (Å²) in [7, 11) is 0. The predicted octanol–water partition coefficient (Wildman–Crippen LogP) is 5.34. The lowest BCUT2D eigenvalue weighted by Crippen LogP contribution is -2.21. The molecule has 0 radical (unpaired) electrons. The van der Waals surface area contributed by atoms with Crippen molar-refractivity contribution in [1.82, 2.24) is 10.2 Å². The zero-order chi connectivity index (χ0) is 22.1. The van der Waals surface area contributed by atoms with E-state index in [0.717, 1.165) is 37.1 Å². The molecule has 3 rings (SSSR count). The number of nitrogens with one attached hydrogen (secondary N) is 2. The lowest BCUT2D eigenvalue weighted by molar-refractivity contribution is -0.120. The van der Waals surface area contributed by atoms with Crippen molar-refractivity contribution < 1.29 is 9.59 Å². The molecule has 7 heteroatoms. The first kappa shape index (κ1) is 22.6. The van der Waals surface area contributed by atoms with Crippen LogP contribution in [0.2, 0.25) is 0 Å². The van der Waals surface area contributed by atoms with Gasteiger partial charge in [0, 0.05) is 23.6 Å². The molecule has 31 heavy (non-hydrogen) atoms. The van der Waals surface area contributed by atoms with E-state index in [1.807, 2.05) is 32.0 Å². The third kappa shape index (κ3) is 6.72. The molecule has 2 aromatic carbocycles. The number of hydrogen-bond donors (Lipinski definition) is 2. The van der Waals surface area contributed by atoms with Crippen LogP contribution in [0.3, 0.4) is 0 Å². The molecule has 3 aromatic rings. The molecule has 0 saturated carbocycles. The Morgan fingerprint density at radius 2 is 1.61 bits per heavy atom. The Morgan fingerprint density at radius 1 is 0.903 bits per heavy atom. The molecule has 0 aliphatic heterocycles. The van der Waals surface area contributed by atoms with E-state index in [9.17, 15) is 9.59 Å². The summed E-state index contributed by atoms with van der Waals surface area (Å²) in [6.45, 7) is 4.01. The predicted molar refractivity (Wildman–Crippen MR) is 125 cm³/mol. The molecule has 0 aliphatic carbocycles. The monoisotopic (exact) mass is 436 g/mol. The fourth-order valence-corrected chi connectivity index (χ4v) is 4.05. The summed E-state index contributed by atoms with van der Waals surface area (Å²) in [5, 5.41) is 15.4. The van der Waals surface area contributed by atoms with Crippen LogP contribution in [0.25, 0.3) is 0 Å². The standard InChI is InChI=1S/C24H28N4O2S/c1-3-18(4-2)22(29)25-20-15-13-19(14-16-20)23(30)26-24-28-27-21(31-24)12-8-11-17-9-6-5-7-10-17/h5-7,9-10,13-16,18H,3-4,8,11-12H2,1-2H3,(H,25,29)(H,26,28,30). The average molecular weight is 437 g/mol. The second-order valence-corrected chi connectivity index (χ2v) is 8.44. The molecule has 0 fully saturated rings. The summed E-state index contributed by atoms with van der Waals surface area (Å²) in [5.41, 5.74) is 2.49. The van der Waals surface area contributed by atoms with Gasteiger partial charge in [0.1, 0.15) is 5.01 Å². The number of amides is 2. The van der Waals surface area contributed by atoms with Crippen LogP contribution in [0.1, 0.15) is 54.0 Å². The van der Waals surface area contributed by atoms with Gasteiger partial charge in [-0.1, -0.05) is 55.5 Å². The van der Waals surface area contributed by atoms with Crippen LogP contribution < -0.4 is 10.6 Å². The van der Waals surface area contributed by atoms with Gasteiger partial charge in [-0.2, -0.15) is 0 Å². The molecule has 2 amide bonds. The topological polar surface area (TPSA) is 84.0 Å². The van der Waals surface area contributed by atoms with Gasteiger partial charge in [-0.25, -0.2) is 0 Å². The van der Waals surface area contributed by atoms with E-state index in [-0.39, 0.29) is 17.7 Å². The normalized spacial score (nSPS) is 10.8. The second-order valence-electron chi connectivity index (χ2n) is 7.37. The largest absolute Gasteiger partial charge is 0.326 e. The van der Waals surface area contributed by atoms with Gasteiger partial charge in [0.05, 0.1) is 0 Å². The third-order valence-corrected chi connectivity index (χ3v) is 6.06. The zero-order valence-electron chi connectivity index (χ0n) is 17.9. The highest BCUT2D eigenvalue weighted by Gasteiger charge is 2.15. The van der Waals surface area contributed by atoms with Crippen LogP contribution in [-0.2, 0) is 17.6 Å². The minimum atomic E-state index is -0.246. The maximum Gasteiger partial charge on any atom is 0.257 e. The summed E-state index contributed by atoms with van der Waals surface area (Å²) >= 11 is 1.40. The Hall–Kier alpha value is -3.06. The SMILES string of the molecule is CCC(CC)C(=O)Nc1ccc(C(=O)Nc2nnc(CCCc3ccccc3)s2)cc1. The fourth-order valence-electron chi connectivity index (χ4n) is 3.27. The summed E-state index contributed by atoms with van der Waals surface area (Å²) in [4.78, 5) is 24.7. The van der Waals surface area contributed by atoms with Crippen molar-refractivity contribution >= 4 is 34.0 Å². The van der Waals surface area contributed by atoms with E-state index >= 15 is 0 Å². The first-order chi connectivity index (χ1) is 15.1. The van der Waals surface area contributed by atoms with Gasteiger partial charge in [-0.15, -0.1) is 10.2 Å². The van der Waals surface area contributed by atoms with Gasteiger partial charge < -0.3 is 5.32 Å². The Morgan fingerprint density at radius 3 is 2.29 bits per heavy atom. The number of hydrogen-bond acceptors (Lipinski definition) is 5. The minimum absolute atomic E-state index is 0.00210. The van der Waals surface area contributed by atoms with Crippen LogP contribution in [0.4, 0.5) is 10.8 Å². The van der Waals surface area contributed by atoms with Crippen LogP contribution in [0, 0.1) is 5.92 Å². The maximum atomic E-state index is 12.5. The molecule has 1 aromatic heterocycles. The van der Waals surface area contributed by atoms with Crippen LogP contribution in [0.15, 0.2) is 54.6 Å². The molecule has 1 heterocycles. The van der Waals surface area contributed by atoms with Crippen molar-refractivity contribution in [2.24, 2.45) is 5.92 Å². The Balaban J connectivity index is 1.49. The van der Waals surface area contributed by atoms with Gasteiger partial charge in [-0.3, -0.25) is 14.9 Å². The van der Waals surface area contributed by atoms with Gasteiger partial charge in [0.2, 0.25) is 11.0 Å². The second kappa shape index (κ2) is 11.4. The van der Waals surface area contributed by atoms with Crippen molar-refractivity contribution in [3.63, 3.8) is 0 Å². The molecular formula is C24H28N4O2S. The molecule has 2 N–H and O–H groups in total. The number of benzene rings is 2. The summed E-state index contributed by atoms with van der Waals surface area (Å²) in [6, 6.07) is 17.2. The van der Waals surface area contributed by atoms with Gasteiger partial charge in [0.25, 0.3) is 5.91 Å². The molecule has 0 saturated heterocycles. The van der Waals surface area contributed by atoms with Crippen molar-refractivity contribution in [3.8, 4) is 0 Å². The number of nitrogens with zero attached hydrogens (tertiary/aromatic N) is 2. The highest BCUT2D eigenvalue weighted by molar-refractivity contribution is 7.15. The van der Waals surface area contributed by atoms with Crippen LogP contribution >= 0.6 is 11.3 Å². The Kier molecular flexibility index (Phi) is 8.29. The van der Waals surface area contributed by atoms with Gasteiger partial charge in [-0.05, 0) is 55.5 Å². The van der Waals surface area contributed by atoms with E-state index in [1.165, 1.54) is 16.9 Å². The minimum Gasteiger partial charge on any atom is -0.326 e. The third-order valence-electron chi connectivity index (χ3n) is 5.16. The first-order valence-electron chi connectivity index (χ1n) is 10.7. The maximum absolute atomic E-state index is 12.5. The van der Waals surface area contributed by atoms with Crippen molar-refractivity contribution in [1.29, 1.82) is 0 Å². The molecule has 0 aliphatic rings. The smallest absolute Gasteiger partial charge is 0.257 e. The molecule has 0 atom stereocenters. The van der Waals surface area contributed by atoms with E-state index in [0.29, 0.717) is 16.4 Å². The highest BCUT2D eigenvalue weighted by Crippen LogP contribution is 2.19. The van der Waals surface area contributed by atoms with E-state index in [2.05, 4.69) is 33.0 Å². The lowest BCUT2D eigenvalue weighted by atomic mass is 10.0. The van der Waals surface area contributed by atoms with Crippen LogP contribution in [-0.4, -0.2) is 22.0 Å². The fraction of sp³-hybridized carbons (Fsp3) is 0.333. The Bertz CT molecular complexity index is 982. The summed E-state index contributed by atoms with van der Waals surface area (Å²) in [5.74, 6) is -0.233. The molecule has 6 nitrogen and oxygen atoms in total. The van der Waals surface area contributed by atoms with Gasteiger partial charge >= 0.3 is 0 Å². The quantitative estimate of drug-likeness (QED) is 0.449. The van der Waals surface area contributed by atoms with Crippen molar-refractivity contribution in [2.75, 3.05) is 10.6 Å². The molecule has 162 valence electrons. The molecule has 0 spiro atoms. The number of carbonyl (C=O) groups is 2. The highest BCUT2D eigenvalue weighted by atomic mass is 32.1. The first-order valence-corrected chi connectivity index (χ1v) is 11.5. The molecular weight excluding hydrogens is 408 g/mol. The number of rotatable bonds is 10. The van der Waals surface area contributed by atoms with E-state index in [4.69, 9.17) is 0 Å². The van der Waals surface area contributed by atoms with Crippen LogP contribution in [0.5, 0.6) is 0 Å². The summed E-state index contributed by atoms with van der Waals surface area (Å²) in [6.07, 6.45) is 4.41.